The Labute approximate surface area is 299 Å². The van der Waals surface area contributed by atoms with Crippen molar-refractivity contribution in [2.75, 3.05) is 0 Å². The van der Waals surface area contributed by atoms with Crippen LogP contribution in [0.1, 0.15) is 73.4 Å². The fraction of sp³-hybridized carbons (Fsp3) is 0.395. The third kappa shape index (κ3) is 7.05. The number of likely N-dealkylation sites (tertiary alicyclic amines) is 1. The first-order valence-corrected chi connectivity index (χ1v) is 17.7. The van der Waals surface area contributed by atoms with Gasteiger partial charge in [-0.1, -0.05) is 18.2 Å². The molecule has 3 atom stereocenters. The zero-order chi connectivity index (χ0) is 35.6. The highest BCUT2D eigenvalue weighted by Crippen LogP contribution is 2.62. The lowest BCUT2D eigenvalue weighted by molar-refractivity contribution is -0.139. The van der Waals surface area contributed by atoms with Gasteiger partial charge in [0.15, 0.2) is 11.5 Å². The molecule has 0 spiro atoms. The summed E-state index contributed by atoms with van der Waals surface area (Å²) in [6.07, 6.45) is 11.7. The molecule has 4 aromatic heterocycles. The molecule has 2 aliphatic rings. The number of nitrogens with zero attached hydrogens (tertiary/aromatic N) is 8. The molecule has 12 heteroatoms. The standard InChI is InChI=1S/C38H39BrN8O3/c1-5-7-8-10-26(48)13-14-38-17-32(33(49)16-29-23(3)11-12-35(39)44-29)47(34(38)18-38)36(50)22-46-37-27(31(19-40)45-46)15-30(43-28(37)9-6-2)25-20-41-24(4)42-21-25/h5-6,11-12,15,20-21,32,34H,1-2,7-10,13-14,16-18,22H2,3-4H3/t32-,34+,38-/m0/s1. The van der Waals surface area contributed by atoms with E-state index in [1.165, 1.54) is 4.68 Å². The van der Waals surface area contributed by atoms with Gasteiger partial charge in [-0.3, -0.25) is 24.0 Å². The molecule has 0 N–H and O–H groups in total. The number of unbranched alkanes of at least 4 members (excludes halogenated alkanes) is 1. The normalized spacial score (nSPS) is 19.2. The van der Waals surface area contributed by atoms with Gasteiger partial charge in [-0.25, -0.2) is 15.0 Å². The Morgan fingerprint density at radius 1 is 1.08 bits per heavy atom. The number of fused-ring (bicyclic) bond motifs is 2. The van der Waals surface area contributed by atoms with Crippen molar-refractivity contribution in [2.24, 2.45) is 5.41 Å². The molecule has 11 nitrogen and oxygen atoms in total. The zero-order valence-corrected chi connectivity index (χ0v) is 29.9. The Morgan fingerprint density at radius 3 is 2.58 bits per heavy atom. The molecule has 1 aliphatic heterocycles. The van der Waals surface area contributed by atoms with Gasteiger partial charge >= 0.3 is 0 Å². The first-order chi connectivity index (χ1) is 24.1. The molecule has 50 heavy (non-hydrogen) atoms. The van der Waals surface area contributed by atoms with Crippen molar-refractivity contribution >= 4 is 44.3 Å². The topological polar surface area (TPSA) is 148 Å². The number of nitriles is 1. The highest BCUT2D eigenvalue weighted by molar-refractivity contribution is 9.10. The molecule has 2 fully saturated rings. The zero-order valence-electron chi connectivity index (χ0n) is 28.4. The molecule has 1 amide bonds. The van der Waals surface area contributed by atoms with Crippen molar-refractivity contribution in [1.82, 2.24) is 34.6 Å². The van der Waals surface area contributed by atoms with Crippen molar-refractivity contribution in [3.8, 4) is 17.3 Å². The van der Waals surface area contributed by atoms with Crippen LogP contribution < -0.4 is 0 Å². The highest BCUT2D eigenvalue weighted by Gasteiger charge is 2.66. The number of Topliss-reactive ketones (excluding diaryl/α,β-unsaturated/α-hetero) is 2. The summed E-state index contributed by atoms with van der Waals surface area (Å²) in [5, 5.41) is 15.2. The predicted octanol–water partition coefficient (Wildman–Crippen LogP) is 6.14. The van der Waals surface area contributed by atoms with Gasteiger partial charge in [0.1, 0.15) is 28.8 Å². The second kappa shape index (κ2) is 14.5. The van der Waals surface area contributed by atoms with Crippen LogP contribution in [-0.4, -0.2) is 64.2 Å². The second-order valence-corrected chi connectivity index (χ2v) is 14.2. The largest absolute Gasteiger partial charge is 0.327 e. The Kier molecular flexibility index (Phi) is 10.2. The average Bonchev–Trinajstić information content (AvgIpc) is 3.52. The maximum Gasteiger partial charge on any atom is 0.245 e. The number of carbonyl (C=O) groups is 3. The Bertz CT molecular complexity index is 2050. The van der Waals surface area contributed by atoms with Crippen molar-refractivity contribution in [2.45, 2.75) is 90.3 Å². The van der Waals surface area contributed by atoms with Gasteiger partial charge in [0.2, 0.25) is 5.91 Å². The number of hydrogen-bond acceptors (Lipinski definition) is 9. The summed E-state index contributed by atoms with van der Waals surface area (Å²) in [6.45, 7) is 11.2. The van der Waals surface area contributed by atoms with Crippen LogP contribution in [0.5, 0.6) is 0 Å². The number of amides is 1. The lowest BCUT2D eigenvalue weighted by atomic mass is 9.90. The smallest absolute Gasteiger partial charge is 0.245 e. The summed E-state index contributed by atoms with van der Waals surface area (Å²) in [7, 11) is 0. The third-order valence-electron chi connectivity index (χ3n) is 9.96. The van der Waals surface area contributed by atoms with E-state index in [-0.39, 0.29) is 47.6 Å². The van der Waals surface area contributed by atoms with E-state index in [4.69, 9.17) is 4.98 Å². The quantitative estimate of drug-likeness (QED) is 0.0798. The first kappa shape index (κ1) is 35.0. The highest BCUT2D eigenvalue weighted by atomic mass is 79.9. The maximum atomic E-state index is 14.4. The van der Waals surface area contributed by atoms with Crippen LogP contribution in [0.2, 0.25) is 0 Å². The van der Waals surface area contributed by atoms with E-state index < -0.39 is 6.04 Å². The van der Waals surface area contributed by atoms with Crippen LogP contribution >= 0.6 is 15.9 Å². The van der Waals surface area contributed by atoms with E-state index in [1.807, 2.05) is 25.1 Å². The van der Waals surface area contributed by atoms with Gasteiger partial charge in [0.05, 0.1) is 35.1 Å². The Hall–Kier alpha value is -4.89. The van der Waals surface area contributed by atoms with Gasteiger partial charge in [-0.05, 0) is 85.0 Å². The van der Waals surface area contributed by atoms with Gasteiger partial charge in [-0.15, -0.1) is 13.2 Å². The number of piperidine rings is 1. The average molecular weight is 736 g/mol. The van der Waals surface area contributed by atoms with Crippen LogP contribution in [-0.2, 0) is 33.8 Å². The number of ketones is 2. The number of hydrogen-bond donors (Lipinski definition) is 0. The number of aryl methyl sites for hydroxylation is 2. The van der Waals surface area contributed by atoms with E-state index >= 15 is 0 Å². The van der Waals surface area contributed by atoms with E-state index in [0.717, 1.165) is 24.8 Å². The molecule has 256 valence electrons. The van der Waals surface area contributed by atoms with Gasteiger partial charge in [-0.2, -0.15) is 10.4 Å². The van der Waals surface area contributed by atoms with E-state index in [0.29, 0.717) is 76.1 Å². The van der Waals surface area contributed by atoms with E-state index in [9.17, 15) is 19.6 Å². The van der Waals surface area contributed by atoms with Gasteiger partial charge in [0, 0.05) is 48.6 Å². The minimum absolute atomic E-state index is 0.0852. The van der Waals surface area contributed by atoms with Crippen molar-refractivity contribution in [1.29, 1.82) is 5.26 Å². The van der Waals surface area contributed by atoms with Crippen molar-refractivity contribution in [3.63, 3.8) is 0 Å². The molecule has 1 saturated carbocycles. The van der Waals surface area contributed by atoms with Crippen LogP contribution in [0.15, 0.2) is 60.5 Å². The molecule has 5 heterocycles. The number of rotatable bonds is 15. The third-order valence-corrected chi connectivity index (χ3v) is 10.4. The van der Waals surface area contributed by atoms with Crippen molar-refractivity contribution in [3.05, 3.63) is 89.0 Å². The summed E-state index contributed by atoms with van der Waals surface area (Å²) in [5.74, 6) is 0.470. The molecule has 0 bridgehead atoms. The SMILES string of the molecule is C=CCCCC(=O)CC[C@@]12C[C@@H](C(=O)Cc3nc(Br)ccc3C)N(C(=O)Cn3nc(C#N)c4cc(-c5cnc(C)nc5)nc(CC=C)c43)[C@@H]1C2. The van der Waals surface area contributed by atoms with E-state index in [1.54, 1.807) is 36.4 Å². The lowest BCUT2D eigenvalue weighted by Gasteiger charge is -2.27. The minimum atomic E-state index is -0.659. The minimum Gasteiger partial charge on any atom is -0.327 e. The van der Waals surface area contributed by atoms with E-state index in [2.05, 4.69) is 55.2 Å². The first-order valence-electron chi connectivity index (χ1n) is 16.9. The van der Waals surface area contributed by atoms with Gasteiger partial charge < -0.3 is 4.90 Å². The van der Waals surface area contributed by atoms with Gasteiger partial charge in [0.25, 0.3) is 0 Å². The molecular weight excluding hydrogens is 696 g/mol. The van der Waals surface area contributed by atoms with Crippen LogP contribution in [0.25, 0.3) is 22.2 Å². The predicted molar refractivity (Wildman–Crippen MR) is 192 cm³/mol. The fourth-order valence-electron chi connectivity index (χ4n) is 7.23. The molecule has 0 aromatic carbocycles. The second-order valence-electron chi connectivity index (χ2n) is 13.3. The van der Waals surface area contributed by atoms with Crippen molar-refractivity contribution < 1.29 is 14.4 Å². The molecule has 0 radical (unpaired) electrons. The van der Waals surface area contributed by atoms with Crippen LogP contribution in [0.4, 0.5) is 0 Å². The number of pyridine rings is 2. The maximum absolute atomic E-state index is 14.4. The Morgan fingerprint density at radius 2 is 1.86 bits per heavy atom. The number of aromatic nitrogens is 6. The monoisotopic (exact) mass is 734 g/mol. The lowest BCUT2D eigenvalue weighted by Crippen LogP contribution is -2.45. The summed E-state index contributed by atoms with van der Waals surface area (Å²) < 4.78 is 2.17. The molecule has 6 rings (SSSR count). The molecule has 1 aliphatic carbocycles. The Balaban J connectivity index is 1.31. The summed E-state index contributed by atoms with van der Waals surface area (Å²) in [6, 6.07) is 6.89. The fourth-order valence-corrected chi connectivity index (χ4v) is 7.58. The summed E-state index contributed by atoms with van der Waals surface area (Å²) in [5.41, 5.74) is 3.88. The molecule has 1 saturated heterocycles. The van der Waals surface area contributed by atoms with Crippen LogP contribution in [0, 0.1) is 30.6 Å². The molecular formula is C38H39BrN8O3. The molecule has 0 unspecified atom stereocenters. The van der Waals surface area contributed by atoms with Crippen LogP contribution in [0.3, 0.4) is 0 Å². The number of carbonyl (C=O) groups excluding carboxylic acids is 3. The summed E-state index contributed by atoms with van der Waals surface area (Å²) >= 11 is 3.41. The number of allylic oxidation sites excluding steroid dienone is 2. The number of halogens is 1. The molecule has 4 aromatic rings. The summed E-state index contributed by atoms with van der Waals surface area (Å²) in [4.78, 5) is 60.9.